The standard InChI is InChI=1S/C17H11BS/c18-15-10-14-12-7-2-1-3-9-16(12)19-17(14)13-8-5-4-6-11(13)15/h1-2,5,7-10H,4,6H2. The number of thiophene rings is 1. The van der Waals surface area contributed by atoms with Crippen LogP contribution in [-0.4, -0.2) is 7.85 Å². The highest BCUT2D eigenvalue weighted by atomic mass is 32.1. The van der Waals surface area contributed by atoms with Gasteiger partial charge in [-0.15, -0.1) is 17.1 Å². The molecule has 2 aliphatic carbocycles. The van der Waals surface area contributed by atoms with E-state index in [4.69, 9.17) is 7.85 Å². The number of hydrogen-bond acceptors (Lipinski definition) is 1. The maximum atomic E-state index is 6.25. The first-order valence-electron chi connectivity index (χ1n) is 6.48. The summed E-state index contributed by atoms with van der Waals surface area (Å²) in [5.74, 6) is 0. The molecule has 0 spiro atoms. The van der Waals surface area contributed by atoms with Gasteiger partial charge >= 0.3 is 0 Å². The normalized spacial score (nSPS) is 15.6. The Hall–Kier alpha value is -1.76. The summed E-state index contributed by atoms with van der Waals surface area (Å²) in [6, 6.07) is 2.14. The summed E-state index contributed by atoms with van der Waals surface area (Å²) in [5, 5.41) is 1.27. The van der Waals surface area contributed by atoms with Gasteiger partial charge in [0.15, 0.2) is 0 Å². The lowest BCUT2D eigenvalue weighted by molar-refractivity contribution is 0.998. The third kappa shape index (κ3) is 1.61. The van der Waals surface area contributed by atoms with E-state index in [1.165, 1.54) is 31.7 Å². The van der Waals surface area contributed by atoms with Crippen molar-refractivity contribution in [1.29, 1.82) is 0 Å². The van der Waals surface area contributed by atoms with Crippen molar-refractivity contribution in [1.82, 2.24) is 0 Å². The molecule has 0 N–H and O–H groups in total. The number of hydrogen-bond donors (Lipinski definition) is 0. The second-order valence-electron chi connectivity index (χ2n) is 4.89. The van der Waals surface area contributed by atoms with Gasteiger partial charge in [0.25, 0.3) is 0 Å². The summed E-state index contributed by atoms with van der Waals surface area (Å²) in [6.07, 6.45) is 14.8. The first-order valence-corrected chi connectivity index (χ1v) is 7.30. The third-order valence-corrected chi connectivity index (χ3v) is 4.95. The zero-order chi connectivity index (χ0) is 12.8. The summed E-state index contributed by atoms with van der Waals surface area (Å²) >= 11 is 1.84. The van der Waals surface area contributed by atoms with E-state index in [0.29, 0.717) is 0 Å². The lowest BCUT2D eigenvalue weighted by atomic mass is 9.82. The Bertz CT molecular complexity index is 812. The number of fused-ring (bicyclic) bond motifs is 5. The third-order valence-electron chi connectivity index (χ3n) is 3.75. The Morgan fingerprint density at radius 3 is 3.11 bits per heavy atom. The summed E-state index contributed by atoms with van der Waals surface area (Å²) in [4.78, 5) is 1.27. The monoisotopic (exact) mass is 258 g/mol. The van der Waals surface area contributed by atoms with Crippen molar-refractivity contribution in [3.63, 3.8) is 0 Å². The van der Waals surface area contributed by atoms with E-state index in [1.807, 2.05) is 23.5 Å². The van der Waals surface area contributed by atoms with Gasteiger partial charge in [0.1, 0.15) is 7.85 Å². The van der Waals surface area contributed by atoms with Crippen LogP contribution < -0.4 is 5.46 Å². The summed E-state index contributed by atoms with van der Waals surface area (Å²) in [7, 11) is 6.25. The molecular formula is C17H11BS. The van der Waals surface area contributed by atoms with E-state index < -0.39 is 0 Å². The van der Waals surface area contributed by atoms with E-state index in [1.54, 1.807) is 0 Å². The quantitative estimate of drug-likeness (QED) is 0.497. The van der Waals surface area contributed by atoms with Crippen molar-refractivity contribution in [2.75, 3.05) is 0 Å². The van der Waals surface area contributed by atoms with Crippen LogP contribution in [0.3, 0.4) is 0 Å². The molecule has 19 heavy (non-hydrogen) atoms. The first-order chi connectivity index (χ1) is 9.34. The molecular weight excluding hydrogens is 247 g/mol. The van der Waals surface area contributed by atoms with Crippen molar-refractivity contribution < 1.29 is 0 Å². The Kier molecular flexibility index (Phi) is 2.41. The van der Waals surface area contributed by atoms with E-state index in [2.05, 4.69) is 36.1 Å². The number of rotatable bonds is 0. The van der Waals surface area contributed by atoms with Crippen molar-refractivity contribution in [3.05, 3.63) is 51.6 Å². The Morgan fingerprint density at radius 2 is 2.16 bits per heavy atom. The molecule has 1 heterocycles. The van der Waals surface area contributed by atoms with Gasteiger partial charge in [-0.1, -0.05) is 35.8 Å². The molecule has 1 aromatic carbocycles. The predicted octanol–water partition coefficient (Wildman–Crippen LogP) is 3.85. The first kappa shape index (κ1) is 11.1. The molecule has 1 aromatic heterocycles. The van der Waals surface area contributed by atoms with Crippen LogP contribution in [0.1, 0.15) is 28.0 Å². The minimum Gasteiger partial charge on any atom is -0.134 e. The fraction of sp³-hybridized carbons (Fsp3) is 0.118. The van der Waals surface area contributed by atoms with Crippen LogP contribution >= 0.6 is 11.3 Å². The van der Waals surface area contributed by atoms with Gasteiger partial charge in [-0.3, -0.25) is 0 Å². The van der Waals surface area contributed by atoms with E-state index in [0.717, 1.165) is 18.3 Å². The summed E-state index contributed by atoms with van der Waals surface area (Å²) < 4.78 is 1.36. The molecule has 2 radical (unpaired) electrons. The van der Waals surface area contributed by atoms with Crippen molar-refractivity contribution >= 4 is 53.0 Å². The van der Waals surface area contributed by atoms with Gasteiger partial charge in [0.2, 0.25) is 0 Å². The smallest absolute Gasteiger partial charge is 0.114 e. The second kappa shape index (κ2) is 4.13. The molecule has 0 aliphatic heterocycles. The van der Waals surface area contributed by atoms with Crippen LogP contribution in [0.15, 0.2) is 30.0 Å². The maximum absolute atomic E-state index is 6.25. The minimum atomic E-state index is 0.932. The molecule has 0 bridgehead atoms. The van der Waals surface area contributed by atoms with Crippen molar-refractivity contribution in [2.24, 2.45) is 0 Å². The fourth-order valence-electron chi connectivity index (χ4n) is 2.84. The molecule has 2 aliphatic rings. The van der Waals surface area contributed by atoms with E-state index in [9.17, 15) is 0 Å². The van der Waals surface area contributed by atoms with Crippen LogP contribution in [0.5, 0.6) is 0 Å². The second-order valence-corrected chi connectivity index (χ2v) is 5.94. The molecule has 2 aromatic rings. The number of benzene rings is 1. The zero-order valence-electron chi connectivity index (χ0n) is 10.4. The van der Waals surface area contributed by atoms with E-state index >= 15 is 0 Å². The molecule has 0 saturated heterocycles. The molecule has 88 valence electrons. The number of allylic oxidation sites excluding steroid dienone is 3. The molecule has 4 rings (SSSR count). The Morgan fingerprint density at radius 1 is 1.21 bits per heavy atom. The summed E-state index contributed by atoms with van der Waals surface area (Å²) in [5.41, 5.74) is 8.03. The SMILES string of the molecule is [B]c1cc2c3c(sc2c2c1CCC=C2)C=C=CC=C3. The van der Waals surface area contributed by atoms with Crippen LogP contribution in [0.4, 0.5) is 0 Å². The Labute approximate surface area is 117 Å². The van der Waals surface area contributed by atoms with Gasteiger partial charge in [0, 0.05) is 20.5 Å². The van der Waals surface area contributed by atoms with Crippen LogP contribution in [-0.2, 0) is 6.42 Å². The topological polar surface area (TPSA) is 0 Å². The largest absolute Gasteiger partial charge is 0.134 e. The highest BCUT2D eigenvalue weighted by molar-refractivity contribution is 7.20. The van der Waals surface area contributed by atoms with Gasteiger partial charge in [0.05, 0.1) is 0 Å². The fourth-order valence-corrected chi connectivity index (χ4v) is 4.06. The minimum absolute atomic E-state index is 0.932. The molecule has 0 fully saturated rings. The molecule has 0 nitrogen and oxygen atoms in total. The maximum Gasteiger partial charge on any atom is 0.114 e. The van der Waals surface area contributed by atoms with Crippen molar-refractivity contribution in [2.45, 2.75) is 12.8 Å². The highest BCUT2D eigenvalue weighted by Gasteiger charge is 2.17. The van der Waals surface area contributed by atoms with Crippen LogP contribution in [0.2, 0.25) is 0 Å². The molecule has 2 heteroatoms. The van der Waals surface area contributed by atoms with E-state index in [-0.39, 0.29) is 0 Å². The lowest BCUT2D eigenvalue weighted by Crippen LogP contribution is -2.13. The molecule has 0 atom stereocenters. The average molecular weight is 258 g/mol. The molecule has 0 saturated carbocycles. The lowest BCUT2D eigenvalue weighted by Gasteiger charge is -2.15. The van der Waals surface area contributed by atoms with Crippen molar-refractivity contribution in [3.8, 4) is 0 Å². The average Bonchev–Trinajstić information content (AvgIpc) is 2.63. The molecule has 0 unspecified atom stereocenters. The summed E-state index contributed by atoms with van der Waals surface area (Å²) in [6.45, 7) is 0. The highest BCUT2D eigenvalue weighted by Crippen LogP contribution is 2.38. The van der Waals surface area contributed by atoms with Gasteiger partial charge in [-0.25, -0.2) is 0 Å². The van der Waals surface area contributed by atoms with Gasteiger partial charge in [-0.2, -0.15) is 0 Å². The van der Waals surface area contributed by atoms with Crippen LogP contribution in [0, 0.1) is 0 Å². The van der Waals surface area contributed by atoms with Crippen LogP contribution in [0.25, 0.3) is 28.3 Å². The van der Waals surface area contributed by atoms with Gasteiger partial charge in [-0.05, 0) is 36.1 Å². The zero-order valence-corrected chi connectivity index (χ0v) is 11.3. The Balaban J connectivity index is 2.15. The van der Waals surface area contributed by atoms with Gasteiger partial charge < -0.3 is 0 Å². The predicted molar refractivity (Wildman–Crippen MR) is 86.1 cm³/mol. The molecule has 0 amide bonds.